The molecule has 2 saturated heterocycles. The third kappa shape index (κ3) is 6.25. The number of ether oxygens (including phenoxy) is 2. The number of furan rings is 1. The summed E-state index contributed by atoms with van der Waals surface area (Å²) in [6.07, 6.45) is 3.14. The number of carbonyl (C=O) groups is 2. The van der Waals surface area contributed by atoms with Gasteiger partial charge in [0.1, 0.15) is 24.2 Å². The summed E-state index contributed by atoms with van der Waals surface area (Å²) in [7, 11) is 0. The van der Waals surface area contributed by atoms with Gasteiger partial charge in [0, 0.05) is 26.3 Å². The second-order valence-electron chi connectivity index (χ2n) is 9.57. The molecule has 2 aromatic heterocycles. The Morgan fingerprint density at radius 1 is 1.11 bits per heavy atom. The zero-order valence-corrected chi connectivity index (χ0v) is 21.2. The Morgan fingerprint density at radius 2 is 1.84 bits per heavy atom. The standard InChI is InChI=1S/C26H31FN6O5/c1-17-6-11-22(38-17)25-29-31-33(30-25)16-23(34)32(15-21-5-3-13-37-21)24(18-7-9-19(27)10-8-18)26(35)28-14-20-4-2-12-36-20/h6-11,20-21,24H,2-5,12-16H2,1H3,(H,28,35)/t20-,21+,24-/m1/s1. The number of hydrogen-bond acceptors (Lipinski definition) is 8. The van der Waals surface area contributed by atoms with Crippen LogP contribution in [0, 0.1) is 12.7 Å². The maximum atomic E-state index is 13.8. The molecule has 0 spiro atoms. The predicted molar refractivity (Wildman–Crippen MR) is 132 cm³/mol. The van der Waals surface area contributed by atoms with Gasteiger partial charge in [-0.25, -0.2) is 4.39 Å². The molecule has 12 heteroatoms. The minimum absolute atomic E-state index is 0.0712. The number of aromatic nitrogens is 4. The lowest BCUT2D eigenvalue weighted by Crippen LogP contribution is -2.48. The minimum atomic E-state index is -1.01. The molecule has 0 saturated carbocycles. The van der Waals surface area contributed by atoms with E-state index < -0.39 is 17.8 Å². The van der Waals surface area contributed by atoms with E-state index in [4.69, 9.17) is 13.9 Å². The van der Waals surface area contributed by atoms with Gasteiger partial charge in [0.25, 0.3) is 0 Å². The van der Waals surface area contributed by atoms with Crippen LogP contribution in [0.15, 0.2) is 40.8 Å². The molecular weight excluding hydrogens is 495 g/mol. The summed E-state index contributed by atoms with van der Waals surface area (Å²) in [5, 5.41) is 15.2. The molecule has 202 valence electrons. The topological polar surface area (TPSA) is 125 Å². The molecule has 0 unspecified atom stereocenters. The molecule has 38 heavy (non-hydrogen) atoms. The van der Waals surface area contributed by atoms with Crippen LogP contribution in [0.5, 0.6) is 0 Å². The van der Waals surface area contributed by atoms with Gasteiger partial charge in [0.15, 0.2) is 5.76 Å². The van der Waals surface area contributed by atoms with E-state index in [9.17, 15) is 14.0 Å². The van der Waals surface area contributed by atoms with Crippen LogP contribution in [-0.2, 0) is 25.6 Å². The number of carbonyl (C=O) groups excluding carboxylic acids is 2. The van der Waals surface area contributed by atoms with E-state index in [1.165, 1.54) is 34.0 Å². The van der Waals surface area contributed by atoms with Crippen molar-refractivity contribution in [1.82, 2.24) is 30.4 Å². The van der Waals surface area contributed by atoms with E-state index in [-0.39, 0.29) is 37.0 Å². The van der Waals surface area contributed by atoms with Gasteiger partial charge in [-0.05, 0) is 67.6 Å². The molecule has 1 N–H and O–H groups in total. The monoisotopic (exact) mass is 526 g/mol. The van der Waals surface area contributed by atoms with Crippen molar-refractivity contribution in [2.45, 2.75) is 57.4 Å². The zero-order chi connectivity index (χ0) is 26.5. The Hall–Kier alpha value is -3.64. The molecule has 11 nitrogen and oxygen atoms in total. The lowest BCUT2D eigenvalue weighted by atomic mass is 10.0. The van der Waals surface area contributed by atoms with Gasteiger partial charge in [-0.1, -0.05) is 12.1 Å². The second kappa shape index (κ2) is 11.8. The summed E-state index contributed by atoms with van der Waals surface area (Å²) in [4.78, 5) is 30.0. The number of nitrogens with one attached hydrogen (secondary N) is 1. The molecule has 0 aliphatic carbocycles. The highest BCUT2D eigenvalue weighted by molar-refractivity contribution is 5.88. The van der Waals surface area contributed by atoms with E-state index in [2.05, 4.69) is 20.7 Å². The summed E-state index contributed by atoms with van der Waals surface area (Å²) in [5.74, 6) is 0.178. The van der Waals surface area contributed by atoms with Gasteiger partial charge in [-0.3, -0.25) is 9.59 Å². The number of nitrogens with zero attached hydrogens (tertiary/aromatic N) is 5. The van der Waals surface area contributed by atoms with Crippen LogP contribution in [-0.4, -0.2) is 75.4 Å². The molecule has 2 amide bonds. The maximum Gasteiger partial charge on any atom is 0.247 e. The quantitative estimate of drug-likeness (QED) is 0.427. The molecule has 1 aromatic carbocycles. The van der Waals surface area contributed by atoms with Gasteiger partial charge in [0.05, 0.1) is 12.2 Å². The summed E-state index contributed by atoms with van der Waals surface area (Å²) in [6, 6.07) is 8.10. The molecule has 2 aliphatic rings. The second-order valence-corrected chi connectivity index (χ2v) is 9.57. The van der Waals surface area contributed by atoms with Crippen molar-refractivity contribution < 1.29 is 27.9 Å². The Labute approximate surface area is 219 Å². The van der Waals surface area contributed by atoms with Crippen LogP contribution in [0.4, 0.5) is 4.39 Å². The number of aryl methyl sites for hydroxylation is 1. The third-order valence-corrected chi connectivity index (χ3v) is 6.71. The Morgan fingerprint density at radius 3 is 2.50 bits per heavy atom. The summed E-state index contributed by atoms with van der Waals surface area (Å²) in [5.41, 5.74) is 0.487. The van der Waals surface area contributed by atoms with Crippen molar-refractivity contribution in [2.75, 3.05) is 26.3 Å². The highest BCUT2D eigenvalue weighted by atomic mass is 19.1. The van der Waals surface area contributed by atoms with E-state index in [0.717, 1.165) is 25.7 Å². The van der Waals surface area contributed by atoms with Crippen LogP contribution in [0.1, 0.15) is 43.0 Å². The molecule has 2 fully saturated rings. The van der Waals surface area contributed by atoms with E-state index in [1.807, 2.05) is 0 Å². The first-order valence-electron chi connectivity index (χ1n) is 12.9. The third-order valence-electron chi connectivity index (χ3n) is 6.71. The summed E-state index contributed by atoms with van der Waals surface area (Å²) < 4.78 is 30.8. The number of halogens is 1. The minimum Gasteiger partial charge on any atom is -0.458 e. The summed E-state index contributed by atoms with van der Waals surface area (Å²) >= 11 is 0. The number of rotatable bonds is 10. The van der Waals surface area contributed by atoms with Crippen molar-refractivity contribution in [3.63, 3.8) is 0 Å². The average molecular weight is 527 g/mol. The number of hydrogen-bond donors (Lipinski definition) is 1. The van der Waals surface area contributed by atoms with Gasteiger partial charge in [0.2, 0.25) is 17.6 Å². The van der Waals surface area contributed by atoms with E-state index >= 15 is 0 Å². The molecule has 2 aliphatic heterocycles. The molecule has 3 aromatic rings. The molecule has 0 radical (unpaired) electrons. The van der Waals surface area contributed by atoms with Gasteiger partial charge in [-0.15, -0.1) is 10.2 Å². The maximum absolute atomic E-state index is 13.8. The fourth-order valence-corrected chi connectivity index (χ4v) is 4.77. The fraction of sp³-hybridized carbons (Fsp3) is 0.500. The molecule has 0 bridgehead atoms. The first-order valence-corrected chi connectivity index (χ1v) is 12.9. The molecular formula is C26H31FN6O5. The van der Waals surface area contributed by atoms with Gasteiger partial charge < -0.3 is 24.1 Å². The van der Waals surface area contributed by atoms with Crippen molar-refractivity contribution in [3.05, 3.63) is 53.5 Å². The van der Waals surface area contributed by atoms with Gasteiger partial charge >= 0.3 is 0 Å². The highest BCUT2D eigenvalue weighted by Gasteiger charge is 2.35. The normalized spacial score (nSPS) is 19.9. The number of amides is 2. The van der Waals surface area contributed by atoms with E-state index in [0.29, 0.717) is 36.8 Å². The van der Waals surface area contributed by atoms with Crippen LogP contribution >= 0.6 is 0 Å². The number of tetrazole rings is 1. The Bertz CT molecular complexity index is 1230. The van der Waals surface area contributed by atoms with E-state index in [1.54, 1.807) is 19.1 Å². The molecule has 5 rings (SSSR count). The van der Waals surface area contributed by atoms with Crippen LogP contribution in [0.25, 0.3) is 11.6 Å². The molecule has 4 heterocycles. The lowest BCUT2D eigenvalue weighted by molar-refractivity contribution is -0.143. The molecule has 3 atom stereocenters. The average Bonchev–Trinajstić information content (AvgIpc) is 3.72. The van der Waals surface area contributed by atoms with Crippen molar-refractivity contribution in [1.29, 1.82) is 0 Å². The van der Waals surface area contributed by atoms with Crippen molar-refractivity contribution in [3.8, 4) is 11.6 Å². The van der Waals surface area contributed by atoms with Crippen LogP contribution in [0.3, 0.4) is 0 Å². The van der Waals surface area contributed by atoms with Gasteiger partial charge in [-0.2, -0.15) is 4.80 Å². The Kier molecular flexibility index (Phi) is 8.08. The van der Waals surface area contributed by atoms with Crippen LogP contribution < -0.4 is 5.32 Å². The first-order chi connectivity index (χ1) is 18.5. The smallest absolute Gasteiger partial charge is 0.247 e. The highest BCUT2D eigenvalue weighted by Crippen LogP contribution is 2.26. The predicted octanol–water partition coefficient (Wildman–Crippen LogP) is 2.42. The number of benzene rings is 1. The fourth-order valence-electron chi connectivity index (χ4n) is 4.77. The van der Waals surface area contributed by atoms with Crippen molar-refractivity contribution in [2.24, 2.45) is 0 Å². The summed E-state index contributed by atoms with van der Waals surface area (Å²) in [6.45, 7) is 3.32. The lowest BCUT2D eigenvalue weighted by Gasteiger charge is -2.33. The largest absolute Gasteiger partial charge is 0.458 e. The van der Waals surface area contributed by atoms with Crippen LogP contribution in [0.2, 0.25) is 0 Å². The SMILES string of the molecule is Cc1ccc(-c2nnn(CC(=O)N(C[C@@H]3CCCO3)[C@@H](C(=O)NC[C@H]3CCCO3)c3ccc(F)cc3)n2)o1. The Balaban J connectivity index is 1.40. The zero-order valence-electron chi connectivity index (χ0n) is 21.2. The first kappa shape index (κ1) is 26.0. The van der Waals surface area contributed by atoms with Crippen molar-refractivity contribution >= 4 is 11.8 Å².